The Bertz CT molecular complexity index is 2090. The van der Waals surface area contributed by atoms with Crippen LogP contribution in [-0.4, -0.2) is 69.6 Å². The number of hydrogen-bond acceptors (Lipinski definition) is 10. The maximum absolute atomic E-state index is 5.47. The quantitative estimate of drug-likeness (QED) is 0.257. The summed E-state index contributed by atoms with van der Waals surface area (Å²) in [4.78, 5) is 0. The molecule has 247 valence electrons. The van der Waals surface area contributed by atoms with Crippen LogP contribution in [0.15, 0.2) is 112 Å². The van der Waals surface area contributed by atoms with Gasteiger partial charge in [0.2, 0.25) is 10.3 Å². The zero-order chi connectivity index (χ0) is 33.0. The van der Waals surface area contributed by atoms with E-state index in [1.807, 2.05) is 53.2 Å². The number of rotatable bonds is 6. The zero-order valence-corrected chi connectivity index (χ0v) is 32.2. The molecule has 0 saturated carbocycles. The van der Waals surface area contributed by atoms with Crippen molar-refractivity contribution in [2.45, 2.75) is 30.2 Å². The van der Waals surface area contributed by atoms with E-state index in [1.165, 1.54) is 16.7 Å². The van der Waals surface area contributed by atoms with Crippen LogP contribution in [0.2, 0.25) is 0 Å². The van der Waals surface area contributed by atoms with Gasteiger partial charge in [0.15, 0.2) is 11.6 Å². The van der Waals surface area contributed by atoms with Crippen molar-refractivity contribution >= 4 is 37.6 Å². The number of benzene rings is 4. The maximum atomic E-state index is 5.47. The summed E-state index contributed by atoms with van der Waals surface area (Å²) in [5, 5.41) is 23.7. The van der Waals surface area contributed by atoms with E-state index in [1.54, 1.807) is 42.4 Å². The third-order valence-electron chi connectivity index (χ3n) is 8.03. The Kier molecular flexibility index (Phi) is 12.5. The molecule has 1 N–H and O–H groups in total. The van der Waals surface area contributed by atoms with Gasteiger partial charge in [-0.1, -0.05) is 107 Å². The van der Waals surface area contributed by atoms with Crippen LogP contribution in [0.3, 0.4) is 0 Å². The standard InChI is InChI=1S/C18H18N4OS.C18H16N4OS.B.Na.H/c2*1-12-7-9-13(10-8-12)15-11-24-18-20-19-17(22(18)21-15)14-5-3-4-6-16(14)23-2;;;/h3-10,15,21H,11H2,1-2H3;3-10H,11H2,1-2H3;;;/q;;;+1;-1. The maximum Gasteiger partial charge on any atom is 1.00 e. The first-order valence-corrected chi connectivity index (χ1v) is 17.4. The minimum atomic E-state index is 0. The molecular weight excluding hydrogens is 674 g/mol. The SMILES string of the molecule is COc1ccccc1-c1nnc2n1N=C(c1ccc(C)cc1)CS2.COc1ccccc1-c1nnc2n1NC(c1ccc(C)cc1)CS2.[B].[H-].[Na+]. The van der Waals surface area contributed by atoms with Gasteiger partial charge in [-0.3, -0.25) is 0 Å². The predicted octanol–water partition coefficient (Wildman–Crippen LogP) is 4.01. The summed E-state index contributed by atoms with van der Waals surface area (Å²) < 4.78 is 14.7. The van der Waals surface area contributed by atoms with Crippen molar-refractivity contribution in [2.24, 2.45) is 5.10 Å². The second-order valence-electron chi connectivity index (χ2n) is 11.3. The van der Waals surface area contributed by atoms with E-state index in [4.69, 9.17) is 14.6 Å². The molecule has 14 heteroatoms. The third kappa shape index (κ3) is 7.82. The summed E-state index contributed by atoms with van der Waals surface area (Å²) in [6.45, 7) is 4.18. The van der Waals surface area contributed by atoms with Crippen molar-refractivity contribution in [1.82, 2.24) is 29.7 Å². The number of methoxy groups -OCH3 is 2. The molecule has 8 rings (SSSR count). The molecular formula is C36H35BN8NaO2S2. The van der Waals surface area contributed by atoms with E-state index in [0.717, 1.165) is 61.5 Å². The van der Waals surface area contributed by atoms with E-state index >= 15 is 0 Å². The van der Waals surface area contributed by atoms with Crippen LogP contribution in [-0.2, 0) is 0 Å². The van der Waals surface area contributed by atoms with Crippen LogP contribution in [0, 0.1) is 13.8 Å². The summed E-state index contributed by atoms with van der Waals surface area (Å²) in [5.74, 6) is 4.72. The number of thioether (sulfide) groups is 2. The van der Waals surface area contributed by atoms with E-state index in [-0.39, 0.29) is 45.4 Å². The van der Waals surface area contributed by atoms with Gasteiger partial charge in [-0.2, -0.15) is 9.78 Å². The second-order valence-corrected chi connectivity index (χ2v) is 13.2. The van der Waals surface area contributed by atoms with Crippen LogP contribution in [0.1, 0.15) is 29.7 Å². The van der Waals surface area contributed by atoms with Crippen LogP contribution in [0.5, 0.6) is 11.5 Å². The molecule has 2 aromatic heterocycles. The Hall–Kier alpha value is -4.01. The first-order chi connectivity index (χ1) is 23.5. The van der Waals surface area contributed by atoms with Gasteiger partial charge in [0.25, 0.3) is 0 Å². The van der Waals surface area contributed by atoms with Gasteiger partial charge in [0, 0.05) is 19.9 Å². The Labute approximate surface area is 325 Å². The first-order valence-electron chi connectivity index (χ1n) is 15.4. The second kappa shape index (κ2) is 16.8. The Balaban J connectivity index is 0.000000216. The molecule has 2 aliphatic rings. The number of nitrogens with zero attached hydrogens (tertiary/aromatic N) is 7. The average Bonchev–Trinajstić information content (AvgIpc) is 3.76. The molecule has 10 nitrogen and oxygen atoms in total. The molecule has 4 heterocycles. The molecule has 0 aliphatic carbocycles. The number of aromatic nitrogens is 6. The number of fused-ring (bicyclic) bond motifs is 2. The Morgan fingerprint density at radius 3 is 1.90 bits per heavy atom. The van der Waals surface area contributed by atoms with Crippen LogP contribution in [0.4, 0.5) is 0 Å². The Morgan fingerprint density at radius 2 is 1.26 bits per heavy atom. The molecule has 50 heavy (non-hydrogen) atoms. The summed E-state index contributed by atoms with van der Waals surface area (Å²) in [6, 6.07) is 32.9. The minimum Gasteiger partial charge on any atom is -1.00 e. The van der Waals surface area contributed by atoms with Crippen LogP contribution >= 0.6 is 23.5 Å². The largest absolute Gasteiger partial charge is 1.00 e. The van der Waals surface area contributed by atoms with E-state index < -0.39 is 0 Å². The monoisotopic (exact) mass is 709 g/mol. The van der Waals surface area contributed by atoms with Gasteiger partial charge in [-0.25, -0.2) is 4.68 Å². The molecule has 1 atom stereocenters. The number of ether oxygens (including phenoxy) is 2. The molecule has 0 fully saturated rings. The zero-order valence-electron chi connectivity index (χ0n) is 29.6. The van der Waals surface area contributed by atoms with Crippen molar-refractivity contribution in [2.75, 3.05) is 31.2 Å². The fourth-order valence-corrected chi connectivity index (χ4v) is 7.20. The molecule has 0 amide bonds. The Morgan fingerprint density at radius 1 is 0.700 bits per heavy atom. The van der Waals surface area contributed by atoms with Crippen molar-refractivity contribution in [3.05, 3.63) is 119 Å². The molecule has 0 saturated heterocycles. The number of aryl methyl sites for hydroxylation is 2. The van der Waals surface area contributed by atoms with E-state index in [0.29, 0.717) is 5.82 Å². The number of nitrogens with one attached hydrogen (secondary N) is 1. The molecule has 0 bridgehead atoms. The summed E-state index contributed by atoms with van der Waals surface area (Å²) in [7, 11) is 3.33. The molecule has 3 radical (unpaired) electrons. The van der Waals surface area contributed by atoms with Crippen LogP contribution < -0.4 is 44.5 Å². The fourth-order valence-electron chi connectivity index (χ4n) is 5.42. The van der Waals surface area contributed by atoms with E-state index in [9.17, 15) is 0 Å². The smallest absolute Gasteiger partial charge is 1.00 e. The van der Waals surface area contributed by atoms with Gasteiger partial charge in [-0.15, -0.1) is 20.4 Å². The summed E-state index contributed by atoms with van der Waals surface area (Å²) >= 11 is 3.35. The number of para-hydroxylation sites is 2. The normalized spacial score (nSPS) is 14.2. The van der Waals surface area contributed by atoms with Gasteiger partial charge >= 0.3 is 29.6 Å². The fraction of sp³-hybridized carbons (Fsp3) is 0.194. The molecule has 2 aliphatic heterocycles. The number of hydrogen-bond donors (Lipinski definition) is 1. The van der Waals surface area contributed by atoms with Gasteiger partial charge in [-0.05, 0) is 49.2 Å². The van der Waals surface area contributed by atoms with Crippen molar-refractivity contribution in [3.63, 3.8) is 0 Å². The summed E-state index contributed by atoms with van der Waals surface area (Å²) in [6.07, 6.45) is 0. The minimum absolute atomic E-state index is 0. The van der Waals surface area contributed by atoms with Gasteiger partial charge in [0.05, 0.1) is 37.1 Å². The molecule has 4 aromatic carbocycles. The molecule has 6 aromatic rings. The summed E-state index contributed by atoms with van der Waals surface area (Å²) in [5.41, 5.74) is 11.3. The topological polar surface area (TPSA) is 104 Å². The first kappa shape index (κ1) is 37.3. The van der Waals surface area contributed by atoms with E-state index in [2.05, 4.69) is 88.2 Å². The van der Waals surface area contributed by atoms with Gasteiger partial charge < -0.3 is 16.3 Å². The predicted molar refractivity (Wildman–Crippen MR) is 199 cm³/mol. The van der Waals surface area contributed by atoms with Gasteiger partial charge in [0.1, 0.15) is 11.5 Å². The molecule has 1 unspecified atom stereocenters. The third-order valence-corrected chi connectivity index (χ3v) is 9.98. The van der Waals surface area contributed by atoms with Crippen LogP contribution in [0.25, 0.3) is 22.8 Å². The average molecular weight is 710 g/mol. The van der Waals surface area contributed by atoms with Crippen molar-refractivity contribution in [1.29, 1.82) is 0 Å². The van der Waals surface area contributed by atoms with Crippen molar-refractivity contribution in [3.8, 4) is 34.3 Å². The van der Waals surface area contributed by atoms with Crippen molar-refractivity contribution < 1.29 is 40.5 Å². The molecule has 0 spiro atoms.